The number of nitrogens with zero attached hydrogens (tertiary/aromatic N) is 1. The lowest BCUT2D eigenvalue weighted by Crippen LogP contribution is -2.12. The number of rotatable bonds is 1. The summed E-state index contributed by atoms with van der Waals surface area (Å²) in [5.74, 6) is 0. The maximum Gasteiger partial charge on any atom is 0.0523 e. The van der Waals surface area contributed by atoms with Crippen LogP contribution in [0.5, 0.6) is 0 Å². The van der Waals surface area contributed by atoms with Crippen molar-refractivity contribution < 1.29 is 5.11 Å². The van der Waals surface area contributed by atoms with Crippen LogP contribution < -0.4 is 5.11 Å². The van der Waals surface area contributed by atoms with Crippen LogP contribution in [-0.4, -0.2) is 0 Å². The number of nitriles is 1. The van der Waals surface area contributed by atoms with E-state index in [-0.39, 0.29) is 0 Å². The van der Waals surface area contributed by atoms with Crippen molar-refractivity contribution in [2.45, 2.75) is 6.10 Å². The third-order valence-electron chi connectivity index (χ3n) is 1.22. The van der Waals surface area contributed by atoms with Crippen molar-refractivity contribution >= 4 is 0 Å². The Bertz CT molecular complexity index is 237. The van der Waals surface area contributed by atoms with Gasteiger partial charge in [0.25, 0.3) is 0 Å². The molecule has 0 spiro atoms. The van der Waals surface area contributed by atoms with Gasteiger partial charge in [0.2, 0.25) is 0 Å². The van der Waals surface area contributed by atoms with Crippen LogP contribution in [0.1, 0.15) is 11.7 Å². The monoisotopic (exact) mass is 132 g/mol. The van der Waals surface area contributed by atoms with Gasteiger partial charge in [0.15, 0.2) is 0 Å². The van der Waals surface area contributed by atoms with Crippen LogP contribution in [0.2, 0.25) is 0 Å². The Morgan fingerprint density at radius 3 is 2.40 bits per heavy atom. The van der Waals surface area contributed by atoms with Gasteiger partial charge >= 0.3 is 0 Å². The first-order chi connectivity index (χ1) is 4.84. The molecule has 0 bridgehead atoms. The first-order valence-corrected chi connectivity index (χ1v) is 2.95. The molecule has 0 aromatic heterocycles. The molecule has 1 atom stereocenters. The lowest BCUT2D eigenvalue weighted by molar-refractivity contribution is -0.406. The Balaban J connectivity index is 2.88. The summed E-state index contributed by atoms with van der Waals surface area (Å²) in [5, 5.41) is 19.0. The summed E-state index contributed by atoms with van der Waals surface area (Å²) in [4.78, 5) is 0. The van der Waals surface area contributed by atoms with Crippen molar-refractivity contribution in [2.75, 3.05) is 0 Å². The predicted molar refractivity (Wildman–Crippen MR) is 34.8 cm³/mol. The molecular weight excluding hydrogens is 126 g/mol. The zero-order valence-electron chi connectivity index (χ0n) is 5.32. The highest BCUT2D eigenvalue weighted by Crippen LogP contribution is 2.06. The van der Waals surface area contributed by atoms with E-state index >= 15 is 0 Å². The van der Waals surface area contributed by atoms with Crippen molar-refractivity contribution in [3.8, 4) is 6.07 Å². The molecule has 0 saturated heterocycles. The van der Waals surface area contributed by atoms with Crippen LogP contribution in [0.15, 0.2) is 30.3 Å². The van der Waals surface area contributed by atoms with Crippen molar-refractivity contribution in [1.82, 2.24) is 0 Å². The molecule has 0 aliphatic carbocycles. The minimum atomic E-state index is -1.24. The molecule has 0 heterocycles. The fraction of sp³-hybridized carbons (Fsp3) is 0.125. The molecule has 0 fully saturated rings. The zero-order valence-corrected chi connectivity index (χ0v) is 5.32. The van der Waals surface area contributed by atoms with Gasteiger partial charge in [-0.25, -0.2) is 0 Å². The summed E-state index contributed by atoms with van der Waals surface area (Å²) >= 11 is 0. The minimum absolute atomic E-state index is 0.532. The first kappa shape index (κ1) is 6.79. The topological polar surface area (TPSA) is 46.8 Å². The van der Waals surface area contributed by atoms with Gasteiger partial charge in [0.1, 0.15) is 0 Å². The SMILES string of the molecule is N#CC([O-])c1ccccc1. The molecule has 1 aromatic rings. The van der Waals surface area contributed by atoms with Gasteiger partial charge in [-0.2, -0.15) is 5.26 Å². The molecule has 1 rings (SSSR count). The van der Waals surface area contributed by atoms with E-state index < -0.39 is 6.10 Å². The lowest BCUT2D eigenvalue weighted by Gasteiger charge is -2.11. The van der Waals surface area contributed by atoms with E-state index in [1.165, 1.54) is 0 Å². The maximum atomic E-state index is 10.7. The fourth-order valence-electron chi connectivity index (χ4n) is 0.702. The van der Waals surface area contributed by atoms with Crippen LogP contribution in [0.4, 0.5) is 0 Å². The molecule has 0 saturated carbocycles. The molecule has 2 heteroatoms. The Morgan fingerprint density at radius 2 is 1.90 bits per heavy atom. The second kappa shape index (κ2) is 3.00. The van der Waals surface area contributed by atoms with Gasteiger partial charge in [-0.05, 0) is 11.7 Å². The van der Waals surface area contributed by atoms with Gasteiger partial charge in [0.05, 0.1) is 6.07 Å². The van der Waals surface area contributed by atoms with E-state index in [9.17, 15) is 5.11 Å². The van der Waals surface area contributed by atoms with E-state index in [2.05, 4.69) is 0 Å². The summed E-state index contributed by atoms with van der Waals surface area (Å²) in [6.07, 6.45) is -1.24. The summed E-state index contributed by atoms with van der Waals surface area (Å²) in [6, 6.07) is 10.2. The van der Waals surface area contributed by atoms with E-state index in [1.54, 1.807) is 30.3 Å². The zero-order chi connectivity index (χ0) is 7.40. The largest absolute Gasteiger partial charge is 0.838 e. The van der Waals surface area contributed by atoms with Crippen LogP contribution >= 0.6 is 0 Å². The minimum Gasteiger partial charge on any atom is -0.838 e. The first-order valence-electron chi connectivity index (χ1n) is 2.95. The van der Waals surface area contributed by atoms with E-state index in [0.29, 0.717) is 5.56 Å². The van der Waals surface area contributed by atoms with Gasteiger partial charge in [-0.1, -0.05) is 30.3 Å². The average Bonchev–Trinajstić information content (AvgIpc) is 2.05. The normalized spacial score (nSPS) is 12.0. The molecule has 50 valence electrons. The second-order valence-corrected chi connectivity index (χ2v) is 1.92. The van der Waals surface area contributed by atoms with Gasteiger partial charge in [-0.15, -0.1) is 0 Å². The lowest BCUT2D eigenvalue weighted by atomic mass is 10.1. The Morgan fingerprint density at radius 1 is 1.30 bits per heavy atom. The molecule has 0 N–H and O–H groups in total. The number of hydrogen-bond donors (Lipinski definition) is 0. The van der Waals surface area contributed by atoms with Crippen LogP contribution in [0.25, 0.3) is 0 Å². The number of hydrogen-bond acceptors (Lipinski definition) is 2. The van der Waals surface area contributed by atoms with Crippen LogP contribution in [0, 0.1) is 11.3 Å². The van der Waals surface area contributed by atoms with Crippen molar-refractivity contribution in [2.24, 2.45) is 0 Å². The predicted octanol–water partition coefficient (Wildman–Crippen LogP) is 0.612. The van der Waals surface area contributed by atoms with Crippen molar-refractivity contribution in [3.63, 3.8) is 0 Å². The molecule has 0 aliphatic rings. The molecule has 0 aliphatic heterocycles. The summed E-state index contributed by atoms with van der Waals surface area (Å²) in [7, 11) is 0. The highest BCUT2D eigenvalue weighted by Gasteiger charge is 1.91. The average molecular weight is 132 g/mol. The van der Waals surface area contributed by atoms with Crippen molar-refractivity contribution in [1.29, 1.82) is 5.26 Å². The molecule has 10 heavy (non-hydrogen) atoms. The third-order valence-corrected chi connectivity index (χ3v) is 1.22. The van der Waals surface area contributed by atoms with Gasteiger partial charge in [-0.3, -0.25) is 0 Å². The van der Waals surface area contributed by atoms with E-state index in [4.69, 9.17) is 5.26 Å². The quantitative estimate of drug-likeness (QED) is 0.562. The summed E-state index contributed by atoms with van der Waals surface area (Å²) in [5.41, 5.74) is 0.532. The summed E-state index contributed by atoms with van der Waals surface area (Å²) in [6.45, 7) is 0. The Hall–Kier alpha value is -1.33. The Labute approximate surface area is 59.3 Å². The fourth-order valence-corrected chi connectivity index (χ4v) is 0.702. The molecule has 0 amide bonds. The maximum absolute atomic E-state index is 10.7. The molecule has 2 nitrogen and oxygen atoms in total. The van der Waals surface area contributed by atoms with Crippen LogP contribution in [-0.2, 0) is 0 Å². The third kappa shape index (κ3) is 1.34. The van der Waals surface area contributed by atoms with Gasteiger partial charge < -0.3 is 5.11 Å². The standard InChI is InChI=1S/C8H6NO/c9-6-8(10)7-4-2-1-3-5-7/h1-5,8H/q-1. The molecule has 1 unspecified atom stereocenters. The Kier molecular flexibility index (Phi) is 2.03. The smallest absolute Gasteiger partial charge is 0.0523 e. The number of benzene rings is 1. The second-order valence-electron chi connectivity index (χ2n) is 1.92. The summed E-state index contributed by atoms with van der Waals surface area (Å²) < 4.78 is 0. The molecular formula is C8H6NO-. The van der Waals surface area contributed by atoms with E-state index in [0.717, 1.165) is 0 Å². The molecule has 0 radical (unpaired) electrons. The highest BCUT2D eigenvalue weighted by atomic mass is 16.3. The van der Waals surface area contributed by atoms with E-state index in [1.807, 2.05) is 6.07 Å². The molecule has 1 aromatic carbocycles. The highest BCUT2D eigenvalue weighted by molar-refractivity contribution is 5.20. The van der Waals surface area contributed by atoms with Gasteiger partial charge in [0, 0.05) is 0 Å². The van der Waals surface area contributed by atoms with Crippen molar-refractivity contribution in [3.05, 3.63) is 35.9 Å². The van der Waals surface area contributed by atoms with Crippen LogP contribution in [0.3, 0.4) is 0 Å².